The van der Waals surface area contributed by atoms with Crippen molar-refractivity contribution in [1.82, 2.24) is 0 Å². The van der Waals surface area contributed by atoms with Crippen LogP contribution >= 0.6 is 0 Å². The number of nitrogens with two attached hydrogens (primary N) is 1. The van der Waals surface area contributed by atoms with E-state index in [-0.39, 0.29) is 12.6 Å². The van der Waals surface area contributed by atoms with Crippen LogP contribution in [0.15, 0.2) is 12.2 Å². The summed E-state index contributed by atoms with van der Waals surface area (Å²) in [7, 11) is 0. The smallest absolute Gasteiger partial charge is 0.103 e. The predicted molar refractivity (Wildman–Crippen MR) is 33.9 cm³/mol. The Balaban J connectivity index is 2.33. The standard InChI is InChI=1S/C6H11NO2/c7-4-5(8)6-2-1-3-9-6/h1-2,5-6,8H,3-4,7H2/t5-,6+/m1/s1. The molecule has 0 aromatic rings. The minimum absolute atomic E-state index is 0.171. The van der Waals surface area contributed by atoms with E-state index in [1.165, 1.54) is 0 Å². The molecule has 0 aliphatic carbocycles. The number of ether oxygens (including phenoxy) is 1. The summed E-state index contributed by atoms with van der Waals surface area (Å²) in [5.74, 6) is 0. The molecule has 1 aliphatic rings. The van der Waals surface area contributed by atoms with Crippen LogP contribution in [-0.2, 0) is 4.74 Å². The van der Waals surface area contributed by atoms with Crippen LogP contribution in [0.5, 0.6) is 0 Å². The van der Waals surface area contributed by atoms with Gasteiger partial charge in [-0.15, -0.1) is 0 Å². The van der Waals surface area contributed by atoms with Crippen LogP contribution in [0.4, 0.5) is 0 Å². The van der Waals surface area contributed by atoms with Crippen LogP contribution in [0.1, 0.15) is 0 Å². The van der Waals surface area contributed by atoms with E-state index in [2.05, 4.69) is 0 Å². The molecule has 0 aromatic heterocycles. The van der Waals surface area contributed by atoms with Crippen molar-refractivity contribution in [2.24, 2.45) is 5.73 Å². The molecule has 1 heterocycles. The topological polar surface area (TPSA) is 55.5 Å². The van der Waals surface area contributed by atoms with E-state index in [1.54, 1.807) is 0 Å². The van der Waals surface area contributed by atoms with Crippen molar-refractivity contribution in [2.75, 3.05) is 13.2 Å². The Morgan fingerprint density at radius 2 is 2.67 bits per heavy atom. The van der Waals surface area contributed by atoms with Crippen molar-refractivity contribution in [1.29, 1.82) is 0 Å². The average Bonchev–Trinajstić information content (AvgIpc) is 2.37. The molecule has 0 spiro atoms. The van der Waals surface area contributed by atoms with Crippen LogP contribution in [0.2, 0.25) is 0 Å². The normalized spacial score (nSPS) is 28.9. The van der Waals surface area contributed by atoms with Crippen LogP contribution in [-0.4, -0.2) is 30.5 Å². The summed E-state index contributed by atoms with van der Waals surface area (Å²) in [6, 6.07) is 0. The molecule has 0 fully saturated rings. The number of hydrogen-bond acceptors (Lipinski definition) is 3. The minimum atomic E-state index is -0.538. The summed E-state index contributed by atoms with van der Waals surface area (Å²) < 4.78 is 5.06. The first-order valence-electron chi connectivity index (χ1n) is 3.01. The van der Waals surface area contributed by atoms with E-state index in [4.69, 9.17) is 15.6 Å². The van der Waals surface area contributed by atoms with Crippen LogP contribution in [0.3, 0.4) is 0 Å². The lowest BCUT2D eigenvalue weighted by atomic mass is 10.2. The van der Waals surface area contributed by atoms with Crippen LogP contribution < -0.4 is 5.73 Å². The highest BCUT2D eigenvalue weighted by atomic mass is 16.5. The molecular formula is C6H11NO2. The van der Waals surface area contributed by atoms with E-state index in [0.717, 1.165) is 0 Å². The van der Waals surface area contributed by atoms with Crippen LogP contribution in [0, 0.1) is 0 Å². The second kappa shape index (κ2) is 2.96. The van der Waals surface area contributed by atoms with E-state index in [0.29, 0.717) is 6.61 Å². The van der Waals surface area contributed by atoms with Crippen LogP contribution in [0.25, 0.3) is 0 Å². The van der Waals surface area contributed by atoms with Crippen molar-refractivity contribution in [3.05, 3.63) is 12.2 Å². The second-order valence-electron chi connectivity index (χ2n) is 2.03. The first kappa shape index (κ1) is 6.74. The molecule has 0 saturated carbocycles. The molecule has 3 heteroatoms. The van der Waals surface area contributed by atoms with Gasteiger partial charge in [0.15, 0.2) is 0 Å². The third-order valence-corrected chi connectivity index (χ3v) is 1.33. The first-order valence-corrected chi connectivity index (χ1v) is 3.01. The van der Waals surface area contributed by atoms with Crippen molar-refractivity contribution < 1.29 is 9.84 Å². The lowest BCUT2D eigenvalue weighted by molar-refractivity contribution is 0.0185. The molecule has 2 atom stereocenters. The van der Waals surface area contributed by atoms with Crippen molar-refractivity contribution >= 4 is 0 Å². The summed E-state index contributed by atoms with van der Waals surface area (Å²) in [6.45, 7) is 0.858. The monoisotopic (exact) mass is 129 g/mol. The Kier molecular flexibility index (Phi) is 2.22. The molecule has 0 unspecified atom stereocenters. The lowest BCUT2D eigenvalue weighted by Crippen LogP contribution is -2.32. The zero-order valence-electron chi connectivity index (χ0n) is 5.16. The number of aliphatic hydroxyl groups excluding tert-OH is 1. The van der Waals surface area contributed by atoms with Gasteiger partial charge in [-0.25, -0.2) is 0 Å². The van der Waals surface area contributed by atoms with E-state index < -0.39 is 6.10 Å². The molecule has 0 amide bonds. The van der Waals surface area contributed by atoms with Crippen molar-refractivity contribution in [3.8, 4) is 0 Å². The SMILES string of the molecule is NC[C@@H](O)[C@@H]1C=CCO1. The zero-order chi connectivity index (χ0) is 6.69. The summed E-state index contributed by atoms with van der Waals surface area (Å²) >= 11 is 0. The van der Waals surface area contributed by atoms with Crippen molar-refractivity contribution in [2.45, 2.75) is 12.2 Å². The molecule has 3 nitrogen and oxygen atoms in total. The van der Waals surface area contributed by atoms with Gasteiger partial charge < -0.3 is 15.6 Å². The number of rotatable bonds is 2. The van der Waals surface area contributed by atoms with Gasteiger partial charge in [0.05, 0.1) is 12.7 Å². The Bertz CT molecular complexity index is 114. The largest absolute Gasteiger partial charge is 0.389 e. The predicted octanol–water partition coefficient (Wildman–Crippen LogP) is -0.739. The number of hydrogen-bond donors (Lipinski definition) is 2. The molecule has 0 aromatic carbocycles. The summed E-state index contributed by atoms with van der Waals surface area (Å²) in [5.41, 5.74) is 5.19. The molecule has 9 heavy (non-hydrogen) atoms. The summed E-state index contributed by atoms with van der Waals surface area (Å²) in [6.07, 6.45) is 3.00. The Hall–Kier alpha value is -0.380. The average molecular weight is 129 g/mol. The van der Waals surface area contributed by atoms with E-state index >= 15 is 0 Å². The maximum absolute atomic E-state index is 9.06. The highest BCUT2D eigenvalue weighted by Crippen LogP contribution is 2.06. The van der Waals surface area contributed by atoms with E-state index in [9.17, 15) is 0 Å². The molecule has 0 saturated heterocycles. The Morgan fingerprint density at radius 3 is 3.11 bits per heavy atom. The molecular weight excluding hydrogens is 118 g/mol. The second-order valence-corrected chi connectivity index (χ2v) is 2.03. The fourth-order valence-corrected chi connectivity index (χ4v) is 0.785. The zero-order valence-corrected chi connectivity index (χ0v) is 5.16. The molecule has 1 rings (SSSR count). The maximum Gasteiger partial charge on any atom is 0.103 e. The minimum Gasteiger partial charge on any atom is -0.389 e. The van der Waals surface area contributed by atoms with E-state index in [1.807, 2.05) is 12.2 Å². The highest BCUT2D eigenvalue weighted by Gasteiger charge is 2.17. The molecule has 0 radical (unpaired) electrons. The fourth-order valence-electron chi connectivity index (χ4n) is 0.785. The summed E-state index contributed by atoms with van der Waals surface area (Å²) in [5, 5.41) is 9.06. The van der Waals surface area contributed by atoms with Gasteiger partial charge in [-0.3, -0.25) is 0 Å². The Labute approximate surface area is 54.1 Å². The third kappa shape index (κ3) is 1.51. The number of aliphatic hydroxyl groups is 1. The summed E-state index contributed by atoms with van der Waals surface area (Å²) in [4.78, 5) is 0. The molecule has 52 valence electrons. The maximum atomic E-state index is 9.06. The molecule has 1 aliphatic heterocycles. The van der Waals surface area contributed by atoms with Gasteiger partial charge in [0.2, 0.25) is 0 Å². The van der Waals surface area contributed by atoms with Gasteiger partial charge in [0.25, 0.3) is 0 Å². The molecule has 0 bridgehead atoms. The molecule has 3 N–H and O–H groups in total. The quantitative estimate of drug-likeness (QED) is 0.483. The third-order valence-electron chi connectivity index (χ3n) is 1.33. The van der Waals surface area contributed by atoms with Gasteiger partial charge in [-0.05, 0) is 0 Å². The van der Waals surface area contributed by atoms with Gasteiger partial charge >= 0.3 is 0 Å². The first-order chi connectivity index (χ1) is 4.34. The Morgan fingerprint density at radius 1 is 1.89 bits per heavy atom. The van der Waals surface area contributed by atoms with Gasteiger partial charge in [0.1, 0.15) is 6.10 Å². The van der Waals surface area contributed by atoms with Crippen molar-refractivity contribution in [3.63, 3.8) is 0 Å². The lowest BCUT2D eigenvalue weighted by Gasteiger charge is -2.13. The van der Waals surface area contributed by atoms with Gasteiger partial charge in [0, 0.05) is 6.54 Å². The van der Waals surface area contributed by atoms with Gasteiger partial charge in [-0.2, -0.15) is 0 Å². The fraction of sp³-hybridized carbons (Fsp3) is 0.667. The van der Waals surface area contributed by atoms with Gasteiger partial charge in [-0.1, -0.05) is 12.2 Å². The highest BCUT2D eigenvalue weighted by molar-refractivity contribution is 4.99.